The van der Waals surface area contributed by atoms with E-state index >= 15 is 0 Å². The average molecular weight is 245 g/mol. The molecule has 0 bridgehead atoms. The summed E-state index contributed by atoms with van der Waals surface area (Å²) in [5, 5.41) is 11.0. The fraction of sp³-hybridized carbons (Fsp3) is 0.333. The first kappa shape index (κ1) is 10.4. The average Bonchev–Trinajstić information content (AvgIpc) is 2.59. The Labute approximate surface area is 95.1 Å². The van der Waals surface area contributed by atoms with Gasteiger partial charge >= 0.3 is 5.97 Å². The summed E-state index contributed by atoms with van der Waals surface area (Å²) in [4.78, 5) is 15.7. The molecule has 0 aliphatic rings. The molecule has 0 spiro atoms. The zero-order valence-electron chi connectivity index (χ0n) is 8.19. The Morgan fingerprint density at radius 2 is 2.33 bits per heavy atom. The molecular weight excluding hydrogens is 236 g/mol. The van der Waals surface area contributed by atoms with Gasteiger partial charge in [-0.3, -0.25) is 4.40 Å². The lowest BCUT2D eigenvalue weighted by molar-refractivity contribution is 0.0689. The molecule has 0 saturated carbocycles. The molecular formula is C9H9ClN2O2S. The Balaban J connectivity index is 2.81. The van der Waals surface area contributed by atoms with Crippen LogP contribution in [0.5, 0.6) is 0 Å². The van der Waals surface area contributed by atoms with Crippen molar-refractivity contribution in [1.29, 1.82) is 0 Å². The summed E-state index contributed by atoms with van der Waals surface area (Å²) >= 11 is 7.17. The molecule has 15 heavy (non-hydrogen) atoms. The van der Waals surface area contributed by atoms with Crippen molar-refractivity contribution < 1.29 is 9.90 Å². The molecule has 0 aliphatic heterocycles. The summed E-state index contributed by atoms with van der Waals surface area (Å²) < 4.78 is 1.61. The van der Waals surface area contributed by atoms with Gasteiger partial charge in [0.05, 0.1) is 0 Å². The van der Waals surface area contributed by atoms with Crippen LogP contribution < -0.4 is 0 Å². The van der Waals surface area contributed by atoms with Gasteiger partial charge in [0.25, 0.3) is 0 Å². The maximum atomic E-state index is 11.0. The molecule has 0 aliphatic carbocycles. The van der Waals surface area contributed by atoms with Crippen molar-refractivity contribution >= 4 is 33.9 Å². The smallest absolute Gasteiger partial charge is 0.356 e. The first-order valence-corrected chi connectivity index (χ1v) is 5.66. The number of carbonyl (C=O) groups is 1. The molecule has 2 aromatic heterocycles. The summed E-state index contributed by atoms with van der Waals surface area (Å²) in [7, 11) is 0. The third-order valence-corrected chi connectivity index (χ3v) is 3.25. The number of halogens is 1. The van der Waals surface area contributed by atoms with Crippen LogP contribution in [0.3, 0.4) is 0 Å². The first-order valence-electron chi connectivity index (χ1n) is 4.41. The van der Waals surface area contributed by atoms with Gasteiger partial charge in [0.15, 0.2) is 15.8 Å². The summed E-state index contributed by atoms with van der Waals surface area (Å²) in [5.74, 6) is -0.810. The van der Waals surface area contributed by atoms with Gasteiger partial charge in [-0.25, -0.2) is 9.78 Å². The minimum atomic E-state index is -1.05. The van der Waals surface area contributed by atoms with Gasteiger partial charge in [-0.1, -0.05) is 25.4 Å². The molecule has 0 fully saturated rings. The topological polar surface area (TPSA) is 54.6 Å². The standard InChI is InChI=1S/C9H9ClN2O2S/c1-4(2)5-3-15-9-11-7(10)6(8(13)14)12(5)9/h3-4H,1-2H3,(H,13,14). The molecule has 0 aromatic carbocycles. The Hall–Kier alpha value is -1.07. The maximum absolute atomic E-state index is 11.0. The van der Waals surface area contributed by atoms with E-state index in [1.54, 1.807) is 4.40 Å². The van der Waals surface area contributed by atoms with E-state index in [0.29, 0.717) is 4.96 Å². The van der Waals surface area contributed by atoms with Crippen LogP contribution in [-0.4, -0.2) is 20.5 Å². The quantitative estimate of drug-likeness (QED) is 0.884. The van der Waals surface area contributed by atoms with Gasteiger partial charge in [0.2, 0.25) is 0 Å². The van der Waals surface area contributed by atoms with Crippen LogP contribution in [0, 0.1) is 0 Å². The molecule has 2 heterocycles. The maximum Gasteiger partial charge on any atom is 0.356 e. The van der Waals surface area contributed by atoms with E-state index in [1.807, 2.05) is 19.2 Å². The fourth-order valence-electron chi connectivity index (χ4n) is 1.44. The van der Waals surface area contributed by atoms with Gasteiger partial charge < -0.3 is 5.11 Å². The van der Waals surface area contributed by atoms with Crippen LogP contribution in [0.2, 0.25) is 5.15 Å². The highest BCUT2D eigenvalue weighted by Gasteiger charge is 2.21. The lowest BCUT2D eigenvalue weighted by Gasteiger charge is -2.03. The van der Waals surface area contributed by atoms with E-state index in [9.17, 15) is 4.79 Å². The second kappa shape index (κ2) is 3.50. The van der Waals surface area contributed by atoms with E-state index < -0.39 is 5.97 Å². The van der Waals surface area contributed by atoms with Crippen molar-refractivity contribution in [1.82, 2.24) is 9.38 Å². The van der Waals surface area contributed by atoms with Crippen molar-refractivity contribution in [3.8, 4) is 0 Å². The number of fused-ring (bicyclic) bond motifs is 1. The number of nitrogens with zero attached hydrogens (tertiary/aromatic N) is 2. The molecule has 2 rings (SSSR count). The van der Waals surface area contributed by atoms with Gasteiger partial charge in [-0.2, -0.15) is 0 Å². The second-order valence-electron chi connectivity index (χ2n) is 3.49. The number of carboxylic acid groups (broad SMARTS) is 1. The predicted molar refractivity (Wildman–Crippen MR) is 59.1 cm³/mol. The number of hydrogen-bond donors (Lipinski definition) is 1. The number of carboxylic acids is 1. The third kappa shape index (κ3) is 1.52. The molecule has 1 N–H and O–H groups in total. The van der Waals surface area contributed by atoms with Gasteiger partial charge in [0, 0.05) is 11.1 Å². The number of thiazole rings is 1. The molecule has 0 radical (unpaired) electrons. The highest BCUT2D eigenvalue weighted by molar-refractivity contribution is 7.15. The zero-order chi connectivity index (χ0) is 11.2. The Morgan fingerprint density at radius 3 is 2.87 bits per heavy atom. The molecule has 2 aromatic rings. The molecule has 0 unspecified atom stereocenters. The van der Waals surface area contributed by atoms with Crippen LogP contribution >= 0.6 is 22.9 Å². The highest BCUT2D eigenvalue weighted by Crippen LogP contribution is 2.28. The first-order chi connectivity index (χ1) is 7.02. The van der Waals surface area contributed by atoms with Crippen LogP contribution in [0.25, 0.3) is 4.96 Å². The predicted octanol–water partition coefficient (Wildman–Crippen LogP) is 2.87. The highest BCUT2D eigenvalue weighted by atomic mass is 35.5. The van der Waals surface area contributed by atoms with Crippen LogP contribution in [0.15, 0.2) is 5.38 Å². The third-order valence-electron chi connectivity index (χ3n) is 2.14. The Bertz CT molecular complexity index is 529. The monoisotopic (exact) mass is 244 g/mol. The SMILES string of the molecule is CC(C)c1csc2nc(Cl)c(C(=O)O)n12. The summed E-state index contributed by atoms with van der Waals surface area (Å²) in [6.45, 7) is 4.00. The fourth-order valence-corrected chi connectivity index (χ4v) is 2.78. The zero-order valence-corrected chi connectivity index (χ0v) is 9.76. The number of rotatable bonds is 2. The van der Waals surface area contributed by atoms with Gasteiger partial charge in [-0.05, 0) is 5.92 Å². The van der Waals surface area contributed by atoms with Crippen molar-refractivity contribution in [2.24, 2.45) is 0 Å². The largest absolute Gasteiger partial charge is 0.476 e. The molecule has 80 valence electrons. The van der Waals surface area contributed by atoms with Crippen molar-refractivity contribution in [2.75, 3.05) is 0 Å². The lowest BCUT2D eigenvalue weighted by atomic mass is 10.1. The summed E-state index contributed by atoms with van der Waals surface area (Å²) in [6, 6.07) is 0. The van der Waals surface area contributed by atoms with E-state index in [1.165, 1.54) is 11.3 Å². The molecule has 0 saturated heterocycles. The number of hydrogen-bond acceptors (Lipinski definition) is 3. The molecule has 6 heteroatoms. The van der Waals surface area contributed by atoms with Crippen LogP contribution in [-0.2, 0) is 0 Å². The Kier molecular flexibility index (Phi) is 2.44. The minimum absolute atomic E-state index is 0.0521. The van der Waals surface area contributed by atoms with Gasteiger partial charge in [0.1, 0.15) is 0 Å². The second-order valence-corrected chi connectivity index (χ2v) is 4.68. The lowest BCUT2D eigenvalue weighted by Crippen LogP contribution is -2.05. The van der Waals surface area contributed by atoms with Gasteiger partial charge in [-0.15, -0.1) is 11.3 Å². The van der Waals surface area contributed by atoms with Crippen molar-refractivity contribution in [3.05, 3.63) is 21.9 Å². The van der Waals surface area contributed by atoms with Crippen LogP contribution in [0.4, 0.5) is 0 Å². The van der Waals surface area contributed by atoms with Crippen molar-refractivity contribution in [2.45, 2.75) is 19.8 Å². The summed E-state index contributed by atoms with van der Waals surface area (Å²) in [5.41, 5.74) is 0.975. The normalized spacial score (nSPS) is 11.5. The molecule has 4 nitrogen and oxygen atoms in total. The number of imidazole rings is 1. The number of aromatic nitrogens is 2. The van der Waals surface area contributed by atoms with E-state index in [0.717, 1.165) is 5.69 Å². The molecule has 0 amide bonds. The Morgan fingerprint density at radius 1 is 1.67 bits per heavy atom. The van der Waals surface area contributed by atoms with Crippen molar-refractivity contribution in [3.63, 3.8) is 0 Å². The molecule has 0 atom stereocenters. The van der Waals surface area contributed by atoms with Crippen LogP contribution in [0.1, 0.15) is 35.9 Å². The summed E-state index contributed by atoms with van der Waals surface area (Å²) in [6.07, 6.45) is 0. The minimum Gasteiger partial charge on any atom is -0.476 e. The van der Waals surface area contributed by atoms with E-state index in [2.05, 4.69) is 4.98 Å². The number of aromatic carboxylic acids is 1. The van der Waals surface area contributed by atoms with E-state index in [-0.39, 0.29) is 16.8 Å². The van der Waals surface area contributed by atoms with E-state index in [4.69, 9.17) is 16.7 Å².